The van der Waals surface area contributed by atoms with Crippen LogP contribution in [-0.4, -0.2) is 47.0 Å². The number of rotatable bonds is 11. The molecule has 13 heteroatoms. The van der Waals surface area contributed by atoms with E-state index in [4.69, 9.17) is 26.8 Å². The summed E-state index contributed by atoms with van der Waals surface area (Å²) in [5.74, 6) is -7.28. The van der Waals surface area contributed by atoms with Crippen LogP contribution in [-0.2, 0) is 27.5 Å². The van der Waals surface area contributed by atoms with E-state index in [1.54, 1.807) is 0 Å². The quantitative estimate of drug-likeness (QED) is 0.308. The van der Waals surface area contributed by atoms with Gasteiger partial charge in [0, 0.05) is 35.7 Å². The Morgan fingerprint density at radius 3 is 2.46 bits per heavy atom. The van der Waals surface area contributed by atoms with Crippen molar-refractivity contribution in [2.45, 2.75) is 31.9 Å². The standard InChI is InChI=1S/C28H25F2N3O8/c1-39-25-16(3-2-15-13-33(27(37)24(15)25)22(26(31)36)10-11-23(34)35)14-40-28(38)32-17-4-6-18(7-5-17)41-19-8-9-20(29)21(30)12-19/h2-9,12,22H,10-11,13-14H2,1H3,(H2,31,36)(H,32,38)(H,34,35)/t22-/m0/s1/i10D2,11D2,22D. The number of carbonyl (C=O) groups is 4. The molecule has 3 amide bonds. The monoisotopic (exact) mass is 574 g/mol. The fourth-order valence-corrected chi connectivity index (χ4v) is 3.89. The summed E-state index contributed by atoms with van der Waals surface area (Å²) >= 11 is 0. The number of benzene rings is 3. The van der Waals surface area contributed by atoms with Gasteiger partial charge in [-0.3, -0.25) is 19.7 Å². The van der Waals surface area contributed by atoms with E-state index in [0.29, 0.717) is 4.90 Å². The number of ether oxygens (including phenoxy) is 3. The molecular formula is C28H25F2N3O8. The molecule has 0 aromatic heterocycles. The van der Waals surface area contributed by atoms with Crippen LogP contribution in [0.5, 0.6) is 17.2 Å². The number of aliphatic carboxylic acids is 1. The van der Waals surface area contributed by atoms with Gasteiger partial charge in [-0.15, -0.1) is 0 Å². The zero-order chi connectivity index (χ0) is 34.2. The maximum atomic E-state index is 13.5. The average Bonchev–Trinajstić information content (AvgIpc) is 3.34. The Hall–Kier alpha value is -5.20. The van der Waals surface area contributed by atoms with Gasteiger partial charge < -0.3 is 30.0 Å². The lowest BCUT2D eigenvalue weighted by atomic mass is 10.0. The van der Waals surface area contributed by atoms with Crippen LogP contribution in [0.4, 0.5) is 19.3 Å². The second-order valence-electron chi connectivity index (χ2n) is 8.35. The molecule has 214 valence electrons. The first-order valence-electron chi connectivity index (χ1n) is 14.2. The van der Waals surface area contributed by atoms with Crippen molar-refractivity contribution in [1.82, 2.24) is 4.90 Å². The molecular weight excluding hydrogens is 544 g/mol. The third-order valence-electron chi connectivity index (χ3n) is 5.69. The van der Waals surface area contributed by atoms with Gasteiger partial charge in [-0.05, 0) is 48.3 Å². The van der Waals surface area contributed by atoms with Crippen LogP contribution in [0.15, 0.2) is 54.6 Å². The fraction of sp³-hybridized carbons (Fsp3) is 0.214. The Bertz CT molecular complexity index is 1730. The van der Waals surface area contributed by atoms with Gasteiger partial charge in [0.05, 0.1) is 14.0 Å². The van der Waals surface area contributed by atoms with Crippen LogP contribution in [0.2, 0.25) is 0 Å². The molecule has 0 saturated heterocycles. The Labute approximate surface area is 239 Å². The van der Waals surface area contributed by atoms with E-state index in [9.17, 15) is 33.1 Å². The van der Waals surface area contributed by atoms with Crippen molar-refractivity contribution >= 4 is 29.6 Å². The molecule has 0 spiro atoms. The molecule has 1 heterocycles. The van der Waals surface area contributed by atoms with E-state index in [1.807, 2.05) is 0 Å². The van der Waals surface area contributed by atoms with Crippen molar-refractivity contribution in [1.29, 1.82) is 0 Å². The van der Waals surface area contributed by atoms with Crippen LogP contribution < -0.4 is 20.5 Å². The average molecular weight is 575 g/mol. The van der Waals surface area contributed by atoms with Crippen molar-refractivity contribution in [3.63, 3.8) is 0 Å². The largest absolute Gasteiger partial charge is 0.495 e. The summed E-state index contributed by atoms with van der Waals surface area (Å²) in [6, 6.07) is 8.02. The lowest BCUT2D eigenvalue weighted by Crippen LogP contribution is -2.45. The molecule has 11 nitrogen and oxygen atoms in total. The molecule has 0 aliphatic carbocycles. The summed E-state index contributed by atoms with van der Waals surface area (Å²) in [5, 5.41) is 11.7. The molecule has 0 radical (unpaired) electrons. The van der Waals surface area contributed by atoms with Gasteiger partial charge in [-0.2, -0.15) is 0 Å². The minimum absolute atomic E-state index is 0.0480. The Morgan fingerprint density at radius 2 is 1.83 bits per heavy atom. The molecule has 0 fully saturated rings. The first-order valence-corrected chi connectivity index (χ1v) is 11.7. The molecule has 1 aliphatic heterocycles. The van der Waals surface area contributed by atoms with E-state index in [2.05, 4.69) is 5.32 Å². The molecule has 1 atom stereocenters. The number of amides is 3. The van der Waals surface area contributed by atoms with Crippen molar-refractivity contribution in [3.8, 4) is 17.2 Å². The summed E-state index contributed by atoms with van der Waals surface area (Å²) in [4.78, 5) is 50.2. The van der Waals surface area contributed by atoms with Crippen LogP contribution >= 0.6 is 0 Å². The predicted molar refractivity (Wildman–Crippen MR) is 139 cm³/mol. The summed E-state index contributed by atoms with van der Waals surface area (Å²) in [5.41, 5.74) is 5.54. The van der Waals surface area contributed by atoms with E-state index >= 15 is 0 Å². The predicted octanol–water partition coefficient (Wildman–Crippen LogP) is 4.19. The summed E-state index contributed by atoms with van der Waals surface area (Å²) in [6.45, 7) is -1.08. The van der Waals surface area contributed by atoms with Crippen LogP contribution in [0.3, 0.4) is 0 Å². The second kappa shape index (κ2) is 12.3. The first kappa shape index (κ1) is 22.6. The van der Waals surface area contributed by atoms with Crippen molar-refractivity contribution < 1.29 is 54.1 Å². The maximum absolute atomic E-state index is 13.5. The number of nitrogens with zero attached hydrogens (tertiary/aromatic N) is 1. The van der Waals surface area contributed by atoms with Gasteiger partial charge in [0.15, 0.2) is 11.6 Å². The number of hydrogen-bond acceptors (Lipinski definition) is 7. The summed E-state index contributed by atoms with van der Waals surface area (Å²) in [7, 11) is 1.17. The molecule has 4 rings (SSSR count). The van der Waals surface area contributed by atoms with E-state index in [1.165, 1.54) is 49.6 Å². The van der Waals surface area contributed by atoms with Crippen molar-refractivity contribution in [3.05, 3.63) is 82.9 Å². The molecule has 0 unspecified atom stereocenters. The number of fused-ring (bicyclic) bond motifs is 1. The number of methoxy groups -OCH3 is 1. The SMILES string of the molecule is [2H]C([2H])(C(=O)O)C([2H])([2H])[C@@]([2H])(C(N)=O)N1Cc2ccc(COC(=O)Nc3ccc(Oc4ccc(F)c(F)c4)cc3)c(OC)c2C1=O. The minimum Gasteiger partial charge on any atom is -0.495 e. The van der Waals surface area contributed by atoms with Gasteiger partial charge in [0.1, 0.15) is 29.9 Å². The highest BCUT2D eigenvalue weighted by Crippen LogP contribution is 2.36. The highest BCUT2D eigenvalue weighted by atomic mass is 19.2. The number of primary amides is 1. The number of carboxylic acid groups (broad SMARTS) is 1. The lowest BCUT2D eigenvalue weighted by Gasteiger charge is -2.24. The lowest BCUT2D eigenvalue weighted by molar-refractivity contribution is -0.137. The van der Waals surface area contributed by atoms with Gasteiger partial charge in [-0.25, -0.2) is 13.6 Å². The molecule has 41 heavy (non-hydrogen) atoms. The van der Waals surface area contributed by atoms with Crippen molar-refractivity contribution in [2.75, 3.05) is 12.4 Å². The zero-order valence-corrected chi connectivity index (χ0v) is 21.2. The first-order chi connectivity index (χ1) is 21.4. The Morgan fingerprint density at radius 1 is 1.12 bits per heavy atom. The molecule has 0 bridgehead atoms. The van der Waals surface area contributed by atoms with Gasteiger partial charge >= 0.3 is 12.1 Å². The number of nitrogens with one attached hydrogen (secondary N) is 1. The third kappa shape index (κ3) is 6.69. The van der Waals surface area contributed by atoms with E-state index in [-0.39, 0.29) is 39.6 Å². The molecule has 4 N–H and O–H groups in total. The van der Waals surface area contributed by atoms with E-state index in [0.717, 1.165) is 12.1 Å². The minimum atomic E-state index is -3.82. The van der Waals surface area contributed by atoms with Gasteiger partial charge in [-0.1, -0.05) is 12.1 Å². The number of carboxylic acids is 1. The second-order valence-corrected chi connectivity index (χ2v) is 8.35. The number of carbonyl (C=O) groups excluding carboxylic acids is 3. The molecule has 0 saturated carbocycles. The molecule has 3 aromatic rings. The van der Waals surface area contributed by atoms with Gasteiger partial charge in [0.2, 0.25) is 5.91 Å². The highest BCUT2D eigenvalue weighted by molar-refractivity contribution is 6.03. The highest BCUT2D eigenvalue weighted by Gasteiger charge is 2.38. The number of nitrogens with two attached hydrogens (primary N) is 1. The van der Waals surface area contributed by atoms with Gasteiger partial charge in [0.25, 0.3) is 5.91 Å². The summed E-state index contributed by atoms with van der Waals surface area (Å²) in [6.07, 6.45) is -8.58. The normalized spacial score (nSPS) is 16.1. The van der Waals surface area contributed by atoms with Crippen LogP contribution in [0, 0.1) is 11.6 Å². The van der Waals surface area contributed by atoms with Crippen LogP contribution in [0.1, 0.15) is 41.1 Å². The third-order valence-corrected chi connectivity index (χ3v) is 5.69. The number of hydrogen-bond donors (Lipinski definition) is 3. The summed E-state index contributed by atoms with van der Waals surface area (Å²) < 4.78 is 82.7. The molecule has 1 aliphatic rings. The van der Waals surface area contributed by atoms with Crippen molar-refractivity contribution in [2.24, 2.45) is 5.73 Å². The topological polar surface area (TPSA) is 157 Å². The van der Waals surface area contributed by atoms with Crippen LogP contribution in [0.25, 0.3) is 0 Å². The fourth-order valence-electron chi connectivity index (χ4n) is 3.89. The maximum Gasteiger partial charge on any atom is 0.411 e. The Balaban J connectivity index is 1.48. The number of halogens is 2. The number of anilines is 1. The smallest absolute Gasteiger partial charge is 0.411 e. The molecule has 3 aromatic carbocycles. The Kier molecular flexibility index (Phi) is 6.79. The van der Waals surface area contributed by atoms with E-state index < -0.39 is 67.4 Å². The zero-order valence-electron chi connectivity index (χ0n) is 26.2.